The number of amides is 1. The van der Waals surface area contributed by atoms with E-state index in [2.05, 4.69) is 5.32 Å². The Labute approximate surface area is 167 Å². The van der Waals surface area contributed by atoms with E-state index in [4.69, 9.17) is 9.47 Å². The molecule has 3 rings (SSSR count). The zero-order valence-electron chi connectivity index (χ0n) is 14.7. The SMILES string of the molecule is CCOC(=O)c1c(-c2cccs2)csc1NC(=O)COC(=O)C1CC1[N+](=O)[O-]. The van der Waals surface area contributed by atoms with Crippen molar-refractivity contribution in [3.63, 3.8) is 0 Å². The molecule has 0 aromatic carbocycles. The normalized spacial score (nSPS) is 17.6. The fourth-order valence-electron chi connectivity index (χ4n) is 2.54. The fraction of sp³-hybridized carbons (Fsp3) is 0.353. The van der Waals surface area contributed by atoms with Gasteiger partial charge in [-0.05, 0) is 18.4 Å². The molecule has 0 saturated heterocycles. The van der Waals surface area contributed by atoms with Crippen molar-refractivity contribution < 1.29 is 28.8 Å². The van der Waals surface area contributed by atoms with Crippen LogP contribution in [0.3, 0.4) is 0 Å². The van der Waals surface area contributed by atoms with Crippen LogP contribution in [0, 0.1) is 16.0 Å². The number of esters is 2. The van der Waals surface area contributed by atoms with Gasteiger partial charge in [-0.2, -0.15) is 0 Å². The van der Waals surface area contributed by atoms with Gasteiger partial charge >= 0.3 is 11.9 Å². The molecule has 1 fully saturated rings. The van der Waals surface area contributed by atoms with Gasteiger partial charge in [0.05, 0.1) is 6.61 Å². The minimum Gasteiger partial charge on any atom is -0.462 e. The third-order valence-corrected chi connectivity index (χ3v) is 5.78. The predicted octanol–water partition coefficient (Wildman–Crippen LogP) is 2.80. The number of ether oxygens (including phenoxy) is 2. The number of nitrogens with one attached hydrogen (secondary N) is 1. The molecule has 2 heterocycles. The molecule has 0 bridgehead atoms. The third kappa shape index (κ3) is 4.37. The number of carbonyl (C=O) groups is 3. The molecule has 2 unspecified atom stereocenters. The van der Waals surface area contributed by atoms with Crippen molar-refractivity contribution in [3.05, 3.63) is 38.6 Å². The Morgan fingerprint density at radius 2 is 2.11 bits per heavy atom. The van der Waals surface area contributed by atoms with Gasteiger partial charge in [0.25, 0.3) is 5.91 Å². The Kier molecular flexibility index (Phi) is 6.05. The fourth-order valence-corrected chi connectivity index (χ4v) is 4.33. The number of carbonyl (C=O) groups excluding carboxylic acids is 3. The highest BCUT2D eigenvalue weighted by molar-refractivity contribution is 7.17. The predicted molar refractivity (Wildman–Crippen MR) is 102 cm³/mol. The average Bonchev–Trinajstić information content (AvgIpc) is 3.08. The van der Waals surface area contributed by atoms with Crippen LogP contribution in [0.25, 0.3) is 10.4 Å². The van der Waals surface area contributed by atoms with Gasteiger partial charge in [0.1, 0.15) is 16.5 Å². The monoisotopic (exact) mass is 424 g/mol. The van der Waals surface area contributed by atoms with Crippen LogP contribution in [0.1, 0.15) is 23.7 Å². The Bertz CT molecular complexity index is 907. The van der Waals surface area contributed by atoms with Gasteiger partial charge in [-0.3, -0.25) is 19.7 Å². The summed E-state index contributed by atoms with van der Waals surface area (Å²) in [6, 6.07) is 2.77. The molecule has 1 saturated carbocycles. The molecule has 9 nitrogen and oxygen atoms in total. The highest BCUT2D eigenvalue weighted by Gasteiger charge is 2.54. The molecule has 1 N–H and O–H groups in total. The van der Waals surface area contributed by atoms with E-state index in [-0.39, 0.29) is 23.6 Å². The highest BCUT2D eigenvalue weighted by Crippen LogP contribution is 2.38. The van der Waals surface area contributed by atoms with Crippen LogP contribution in [-0.2, 0) is 19.1 Å². The molecule has 28 heavy (non-hydrogen) atoms. The molecule has 148 valence electrons. The van der Waals surface area contributed by atoms with Gasteiger partial charge in [0, 0.05) is 27.2 Å². The van der Waals surface area contributed by atoms with E-state index in [1.807, 2.05) is 17.5 Å². The molecular formula is C17H16N2O7S2. The molecule has 2 aromatic rings. The van der Waals surface area contributed by atoms with Crippen LogP contribution in [0.2, 0.25) is 0 Å². The first-order chi connectivity index (χ1) is 13.4. The molecule has 0 aliphatic heterocycles. The Balaban J connectivity index is 1.66. The average molecular weight is 424 g/mol. The number of nitro groups is 1. The summed E-state index contributed by atoms with van der Waals surface area (Å²) in [5.41, 5.74) is 0.891. The summed E-state index contributed by atoms with van der Waals surface area (Å²) in [4.78, 5) is 47.1. The molecule has 1 aliphatic rings. The van der Waals surface area contributed by atoms with Crippen LogP contribution in [-0.4, -0.2) is 42.0 Å². The topological polar surface area (TPSA) is 125 Å². The number of anilines is 1. The molecular weight excluding hydrogens is 408 g/mol. The first-order valence-electron chi connectivity index (χ1n) is 8.34. The van der Waals surface area contributed by atoms with Crippen molar-refractivity contribution in [2.24, 2.45) is 5.92 Å². The van der Waals surface area contributed by atoms with Gasteiger partial charge in [-0.15, -0.1) is 22.7 Å². The van der Waals surface area contributed by atoms with Gasteiger partial charge in [0.2, 0.25) is 6.04 Å². The first kappa shape index (κ1) is 20.0. The van der Waals surface area contributed by atoms with E-state index in [1.165, 1.54) is 11.3 Å². The molecule has 1 aliphatic carbocycles. The quantitative estimate of drug-likeness (QED) is 0.392. The molecule has 2 aromatic heterocycles. The van der Waals surface area contributed by atoms with E-state index in [1.54, 1.807) is 12.3 Å². The Morgan fingerprint density at radius 1 is 1.32 bits per heavy atom. The van der Waals surface area contributed by atoms with Gasteiger partial charge in [0.15, 0.2) is 6.61 Å². The van der Waals surface area contributed by atoms with E-state index in [9.17, 15) is 24.5 Å². The van der Waals surface area contributed by atoms with Crippen molar-refractivity contribution in [2.75, 3.05) is 18.5 Å². The van der Waals surface area contributed by atoms with Crippen LogP contribution < -0.4 is 5.32 Å². The maximum absolute atomic E-state index is 12.4. The lowest BCUT2D eigenvalue weighted by Crippen LogP contribution is -2.23. The molecule has 0 radical (unpaired) electrons. The summed E-state index contributed by atoms with van der Waals surface area (Å²) >= 11 is 2.60. The molecule has 11 heteroatoms. The van der Waals surface area contributed by atoms with Crippen molar-refractivity contribution in [2.45, 2.75) is 19.4 Å². The number of nitrogens with zero attached hydrogens (tertiary/aromatic N) is 1. The van der Waals surface area contributed by atoms with Crippen LogP contribution in [0.5, 0.6) is 0 Å². The van der Waals surface area contributed by atoms with Crippen LogP contribution in [0.15, 0.2) is 22.9 Å². The van der Waals surface area contributed by atoms with Crippen molar-refractivity contribution in [1.82, 2.24) is 0 Å². The lowest BCUT2D eigenvalue weighted by atomic mass is 10.1. The summed E-state index contributed by atoms with van der Waals surface area (Å²) in [6.45, 7) is 1.28. The Morgan fingerprint density at radius 3 is 2.71 bits per heavy atom. The summed E-state index contributed by atoms with van der Waals surface area (Å²) in [7, 11) is 0. The maximum Gasteiger partial charge on any atom is 0.341 e. The summed E-state index contributed by atoms with van der Waals surface area (Å²) in [5, 5.41) is 17.0. The van der Waals surface area contributed by atoms with Crippen LogP contribution >= 0.6 is 22.7 Å². The third-order valence-electron chi connectivity index (χ3n) is 3.99. The molecule has 2 atom stereocenters. The smallest absolute Gasteiger partial charge is 0.341 e. The van der Waals surface area contributed by atoms with Gasteiger partial charge < -0.3 is 14.8 Å². The van der Waals surface area contributed by atoms with E-state index < -0.39 is 41.3 Å². The zero-order chi connectivity index (χ0) is 20.3. The largest absolute Gasteiger partial charge is 0.462 e. The molecule has 1 amide bonds. The summed E-state index contributed by atoms with van der Waals surface area (Å²) < 4.78 is 9.93. The Hall–Kier alpha value is -2.79. The highest BCUT2D eigenvalue weighted by atomic mass is 32.1. The second-order valence-corrected chi connectivity index (χ2v) is 7.73. The second-order valence-electron chi connectivity index (χ2n) is 5.90. The molecule has 0 spiro atoms. The van der Waals surface area contributed by atoms with Crippen molar-refractivity contribution in [1.29, 1.82) is 0 Å². The number of thiophene rings is 2. The van der Waals surface area contributed by atoms with Crippen molar-refractivity contribution >= 4 is 45.5 Å². The second kappa shape index (κ2) is 8.48. The lowest BCUT2D eigenvalue weighted by molar-refractivity contribution is -0.497. The van der Waals surface area contributed by atoms with E-state index in [0.717, 1.165) is 16.2 Å². The number of rotatable bonds is 8. The summed E-state index contributed by atoms with van der Waals surface area (Å²) in [5.74, 6) is -2.78. The maximum atomic E-state index is 12.4. The van der Waals surface area contributed by atoms with E-state index in [0.29, 0.717) is 5.56 Å². The zero-order valence-corrected chi connectivity index (χ0v) is 16.3. The minimum atomic E-state index is -0.934. The van der Waals surface area contributed by atoms with Gasteiger partial charge in [-0.25, -0.2) is 4.79 Å². The number of hydrogen-bond donors (Lipinski definition) is 1. The van der Waals surface area contributed by atoms with Crippen molar-refractivity contribution in [3.8, 4) is 10.4 Å². The minimum absolute atomic E-state index is 0.121. The number of hydrogen-bond acceptors (Lipinski definition) is 9. The first-order valence-corrected chi connectivity index (χ1v) is 10.1. The summed E-state index contributed by atoms with van der Waals surface area (Å²) in [6.07, 6.45) is 0.121. The lowest BCUT2D eigenvalue weighted by Gasteiger charge is -2.08. The van der Waals surface area contributed by atoms with E-state index >= 15 is 0 Å². The standard InChI is InChI=1S/C17H16N2O7S2/c1-2-25-17(22)14-10(12-4-3-5-27-12)8-28-15(14)18-13(20)7-26-16(21)9-6-11(9)19(23)24/h3-5,8-9,11H,2,6-7H2,1H3,(H,18,20). The van der Waals surface area contributed by atoms with Crippen LogP contribution in [0.4, 0.5) is 5.00 Å². The van der Waals surface area contributed by atoms with Gasteiger partial charge in [-0.1, -0.05) is 6.07 Å².